The van der Waals surface area contributed by atoms with Crippen molar-refractivity contribution in [3.05, 3.63) is 72.9 Å². The third-order valence-corrected chi connectivity index (χ3v) is 11.5. The van der Waals surface area contributed by atoms with Gasteiger partial charge in [0.25, 0.3) is 0 Å². The zero-order valence-corrected chi connectivity index (χ0v) is 41.3. The highest BCUT2D eigenvalue weighted by atomic mass is 31.2. The van der Waals surface area contributed by atoms with Gasteiger partial charge < -0.3 is 30.3 Å². The van der Waals surface area contributed by atoms with E-state index in [0.717, 1.165) is 38.5 Å². The number of allylic oxidation sites excluding steroid dienone is 10. The molecule has 0 aromatic heterocycles. The molecule has 4 atom stereocenters. The van der Waals surface area contributed by atoms with Crippen LogP contribution in [-0.4, -0.2) is 71.1 Å². The fourth-order valence-corrected chi connectivity index (χ4v) is 7.43. The summed E-state index contributed by atoms with van der Waals surface area (Å²) in [4.78, 5) is 46.1. The van der Waals surface area contributed by atoms with Gasteiger partial charge in [-0.3, -0.25) is 23.4 Å². The van der Waals surface area contributed by atoms with Crippen LogP contribution in [0.4, 0.5) is 0 Å². The van der Waals surface area contributed by atoms with Crippen molar-refractivity contribution in [2.24, 2.45) is 5.73 Å². The first-order valence-electron chi connectivity index (χ1n) is 25.1. The lowest BCUT2D eigenvalue weighted by molar-refractivity contribution is -0.161. The van der Waals surface area contributed by atoms with Crippen LogP contribution < -0.4 is 5.73 Å². The quantitative estimate of drug-likeness (QED) is 0.0149. The number of carboxylic acid groups (broad SMARTS) is 1. The maximum atomic E-state index is 12.7. The molecule has 0 bridgehead atoms. The Labute approximate surface area is 393 Å². The van der Waals surface area contributed by atoms with Gasteiger partial charge in [0, 0.05) is 12.8 Å². The summed E-state index contributed by atoms with van der Waals surface area (Å²) in [5.41, 5.74) is 5.34. The fourth-order valence-electron chi connectivity index (χ4n) is 6.65. The number of carbonyl (C=O) groups is 3. The number of phosphoric ester groups is 1. The number of aliphatic hydroxyl groups excluding tert-OH is 1. The van der Waals surface area contributed by atoms with Crippen LogP contribution in [0.15, 0.2) is 72.9 Å². The maximum absolute atomic E-state index is 12.7. The van der Waals surface area contributed by atoms with Gasteiger partial charge in [0.05, 0.1) is 19.3 Å². The lowest BCUT2D eigenvalue weighted by atomic mass is 10.0. The second-order valence-corrected chi connectivity index (χ2v) is 18.2. The number of unbranched alkanes of at least 4 members (excludes halogenated alkanes) is 20. The van der Waals surface area contributed by atoms with Crippen LogP contribution in [0.5, 0.6) is 0 Å². The molecule has 0 amide bonds. The molecule has 0 rings (SSSR count). The molecule has 374 valence electrons. The Kier molecular flexibility index (Phi) is 43.8. The van der Waals surface area contributed by atoms with E-state index in [4.69, 9.17) is 24.8 Å². The summed E-state index contributed by atoms with van der Waals surface area (Å²) in [5, 5.41) is 18.9. The van der Waals surface area contributed by atoms with Crippen LogP contribution in [0.2, 0.25) is 0 Å². The summed E-state index contributed by atoms with van der Waals surface area (Å²) in [6, 6.07) is -1.54. The molecule has 0 fully saturated rings. The summed E-state index contributed by atoms with van der Waals surface area (Å²) >= 11 is 0. The highest BCUT2D eigenvalue weighted by Crippen LogP contribution is 2.43. The van der Waals surface area contributed by atoms with Gasteiger partial charge in [0.15, 0.2) is 6.10 Å². The van der Waals surface area contributed by atoms with Crippen molar-refractivity contribution in [1.82, 2.24) is 0 Å². The van der Waals surface area contributed by atoms with E-state index in [-0.39, 0.29) is 12.8 Å². The second-order valence-electron chi connectivity index (χ2n) is 16.8. The molecule has 12 nitrogen and oxygen atoms in total. The second kappa shape index (κ2) is 46.0. The smallest absolute Gasteiger partial charge is 0.472 e. The Hall–Kier alpha value is -3.12. The SMILES string of the molecule is CC/C=C\C/C=C\CC(O)/C=C/C=C\C/C=C\C/C=C\CCC(=O)OC[C@H](COP(=O)(O)OC[C@H](N)C(=O)O)OC(=O)CCCCCCCCCCCCCCCCCCCCCCC. The van der Waals surface area contributed by atoms with E-state index in [0.29, 0.717) is 25.7 Å². The third kappa shape index (κ3) is 45.8. The van der Waals surface area contributed by atoms with Crippen LogP contribution in [-0.2, 0) is 37.5 Å². The Morgan fingerprint density at radius 3 is 1.58 bits per heavy atom. The average molecular weight is 936 g/mol. The van der Waals surface area contributed by atoms with Gasteiger partial charge in [-0.25, -0.2) is 4.57 Å². The maximum Gasteiger partial charge on any atom is 0.472 e. The molecule has 0 aliphatic carbocycles. The molecule has 0 spiro atoms. The highest BCUT2D eigenvalue weighted by Gasteiger charge is 2.28. The highest BCUT2D eigenvalue weighted by molar-refractivity contribution is 7.47. The van der Waals surface area contributed by atoms with Crippen LogP contribution in [0.1, 0.15) is 200 Å². The Bertz CT molecular complexity index is 1390. The molecule has 0 heterocycles. The summed E-state index contributed by atoms with van der Waals surface area (Å²) < 4.78 is 32.7. The molecule has 0 radical (unpaired) electrons. The van der Waals surface area contributed by atoms with E-state index in [1.54, 1.807) is 6.08 Å². The molecule has 0 aromatic carbocycles. The van der Waals surface area contributed by atoms with E-state index < -0.39 is 63.8 Å². The molecule has 0 aliphatic heterocycles. The number of nitrogens with two attached hydrogens (primary N) is 1. The number of phosphoric acid groups is 1. The molecule has 0 aliphatic rings. The van der Waals surface area contributed by atoms with Crippen molar-refractivity contribution in [3.63, 3.8) is 0 Å². The van der Waals surface area contributed by atoms with Crippen LogP contribution in [0.3, 0.4) is 0 Å². The normalized spacial score (nSPS) is 14.7. The summed E-state index contributed by atoms with van der Waals surface area (Å²) in [6.07, 6.45) is 53.0. The van der Waals surface area contributed by atoms with Crippen LogP contribution in [0, 0.1) is 0 Å². The van der Waals surface area contributed by atoms with Crippen molar-refractivity contribution < 1.29 is 52.6 Å². The summed E-state index contributed by atoms with van der Waals surface area (Å²) in [6.45, 7) is 2.56. The summed E-state index contributed by atoms with van der Waals surface area (Å²) in [7, 11) is -4.75. The van der Waals surface area contributed by atoms with Gasteiger partial charge in [-0.05, 0) is 44.9 Å². The number of esters is 2. The van der Waals surface area contributed by atoms with E-state index >= 15 is 0 Å². The number of hydrogen-bond acceptors (Lipinski definition) is 10. The fraction of sp³-hybridized carbons (Fsp3) is 0.712. The minimum Gasteiger partial charge on any atom is -0.480 e. The van der Waals surface area contributed by atoms with Crippen molar-refractivity contribution in [2.75, 3.05) is 19.8 Å². The van der Waals surface area contributed by atoms with Crippen molar-refractivity contribution in [2.45, 2.75) is 218 Å². The first kappa shape index (κ1) is 61.9. The van der Waals surface area contributed by atoms with Gasteiger partial charge in [-0.1, -0.05) is 215 Å². The van der Waals surface area contributed by atoms with Crippen molar-refractivity contribution >= 4 is 25.7 Å². The number of ether oxygens (including phenoxy) is 2. The zero-order valence-electron chi connectivity index (χ0n) is 40.4. The van der Waals surface area contributed by atoms with Gasteiger partial charge in [-0.15, -0.1) is 0 Å². The van der Waals surface area contributed by atoms with Crippen LogP contribution in [0.25, 0.3) is 0 Å². The molecule has 0 saturated carbocycles. The number of aliphatic hydroxyl groups is 1. The molecule has 0 aromatic rings. The zero-order chi connectivity index (χ0) is 47.9. The number of carbonyl (C=O) groups excluding carboxylic acids is 2. The number of hydrogen-bond donors (Lipinski definition) is 4. The first-order chi connectivity index (χ1) is 31.5. The van der Waals surface area contributed by atoms with E-state index in [2.05, 4.69) is 30.5 Å². The van der Waals surface area contributed by atoms with E-state index in [9.17, 15) is 28.9 Å². The van der Waals surface area contributed by atoms with Crippen molar-refractivity contribution in [3.8, 4) is 0 Å². The lowest BCUT2D eigenvalue weighted by Gasteiger charge is -2.20. The summed E-state index contributed by atoms with van der Waals surface area (Å²) in [5.74, 6) is -2.52. The minimum absolute atomic E-state index is 0.0719. The minimum atomic E-state index is -4.75. The monoisotopic (exact) mass is 936 g/mol. The number of rotatable bonds is 46. The number of aliphatic carboxylic acids is 1. The number of carboxylic acids is 1. The molecule has 2 unspecified atom stereocenters. The van der Waals surface area contributed by atoms with Gasteiger partial charge in [0.1, 0.15) is 12.6 Å². The molecular weight excluding hydrogens is 846 g/mol. The third-order valence-electron chi connectivity index (χ3n) is 10.6. The standard InChI is InChI=1S/C52H90NO11P/c1-3-5-7-9-11-12-13-14-15-16-17-18-19-20-21-22-23-28-31-35-39-43-51(56)64-48(45-62-65(59,60)63-46-49(53)52(57)58)44-61-50(55)42-38-34-30-27-25-24-26-29-33-37-41-47(54)40-36-32-10-8-6-4-2/h6,8,24-25,29-30,32-34,36-37,41,47-49,54H,3-5,7,9-23,26-28,31,35,38-40,42-46,53H2,1-2H3,(H,57,58)(H,59,60)/b8-6-,25-24-,33-29-,34-30-,36-32-,41-37+/t47?,48-,49+/m1/s1. The van der Waals surface area contributed by atoms with Gasteiger partial charge in [-0.2, -0.15) is 0 Å². The largest absolute Gasteiger partial charge is 0.480 e. The lowest BCUT2D eigenvalue weighted by Crippen LogP contribution is -2.34. The Morgan fingerprint density at radius 1 is 0.569 bits per heavy atom. The van der Waals surface area contributed by atoms with E-state index in [1.807, 2.05) is 54.7 Å². The molecular formula is C52H90NO11P. The van der Waals surface area contributed by atoms with Crippen molar-refractivity contribution in [1.29, 1.82) is 0 Å². The van der Waals surface area contributed by atoms with Gasteiger partial charge >= 0.3 is 25.7 Å². The van der Waals surface area contributed by atoms with E-state index in [1.165, 1.54) is 109 Å². The first-order valence-corrected chi connectivity index (χ1v) is 26.6. The molecule has 0 saturated heterocycles. The molecule has 13 heteroatoms. The average Bonchev–Trinajstić information content (AvgIpc) is 3.28. The topological polar surface area (TPSA) is 192 Å². The Balaban J connectivity index is 4.40. The predicted molar refractivity (Wildman–Crippen MR) is 264 cm³/mol. The Morgan fingerprint density at radius 2 is 1.05 bits per heavy atom. The molecule has 65 heavy (non-hydrogen) atoms. The predicted octanol–water partition coefficient (Wildman–Crippen LogP) is 13.0. The van der Waals surface area contributed by atoms with Crippen LogP contribution >= 0.6 is 7.82 Å². The molecule has 5 N–H and O–H groups in total. The van der Waals surface area contributed by atoms with Gasteiger partial charge in [0.2, 0.25) is 0 Å².